The van der Waals surface area contributed by atoms with E-state index in [1.54, 1.807) is 12.1 Å². The minimum Gasteiger partial charge on any atom is -0.496 e. The average molecular weight is 304 g/mol. The zero-order valence-corrected chi connectivity index (χ0v) is 12.3. The number of fused-ring (bicyclic) bond motifs is 1. The Kier molecular flexibility index (Phi) is 3.48. The number of benzene rings is 1. The van der Waals surface area contributed by atoms with Crippen LogP contribution in [0.4, 0.5) is 0 Å². The van der Waals surface area contributed by atoms with E-state index in [-0.39, 0.29) is 24.8 Å². The first-order chi connectivity index (χ1) is 10.6. The fraction of sp³-hybridized carbons (Fsp3) is 0.400. The van der Waals surface area contributed by atoms with Crippen molar-refractivity contribution in [2.75, 3.05) is 14.2 Å². The van der Waals surface area contributed by atoms with E-state index in [4.69, 9.17) is 9.47 Å². The predicted molar refractivity (Wildman–Crippen MR) is 75.6 cm³/mol. The molecule has 1 saturated heterocycles. The second-order valence-corrected chi connectivity index (χ2v) is 5.22. The Morgan fingerprint density at radius 3 is 2.45 bits per heavy atom. The maximum absolute atomic E-state index is 12.7. The monoisotopic (exact) mass is 304 g/mol. The molecule has 3 amide bonds. The number of carbonyl (C=O) groups excluding carboxylic acids is 3. The lowest BCUT2D eigenvalue weighted by Crippen LogP contribution is -2.52. The van der Waals surface area contributed by atoms with Crippen LogP contribution in [0.3, 0.4) is 0 Å². The lowest BCUT2D eigenvalue weighted by atomic mass is 10.0. The molecule has 0 spiro atoms. The Morgan fingerprint density at radius 1 is 1.14 bits per heavy atom. The molecular formula is C15H16N2O5. The van der Waals surface area contributed by atoms with Gasteiger partial charge in [-0.05, 0) is 18.6 Å². The van der Waals surface area contributed by atoms with Crippen LogP contribution in [-0.2, 0) is 16.1 Å². The van der Waals surface area contributed by atoms with Crippen LogP contribution in [0.1, 0.15) is 28.8 Å². The quantitative estimate of drug-likeness (QED) is 0.820. The molecule has 22 heavy (non-hydrogen) atoms. The molecule has 0 bridgehead atoms. The van der Waals surface area contributed by atoms with Gasteiger partial charge < -0.3 is 14.4 Å². The SMILES string of the molecule is COc1ccc(OC)c2c1CN(C1CCC(=O)NC1=O)C2=O. The molecule has 1 aromatic carbocycles. The van der Waals surface area contributed by atoms with E-state index in [1.807, 2.05) is 0 Å². The van der Waals surface area contributed by atoms with Gasteiger partial charge in [0.2, 0.25) is 11.8 Å². The molecular weight excluding hydrogens is 288 g/mol. The van der Waals surface area contributed by atoms with Gasteiger partial charge in [-0.2, -0.15) is 0 Å². The first kappa shape index (κ1) is 14.4. The Bertz CT molecular complexity index is 670. The first-order valence-corrected chi connectivity index (χ1v) is 6.95. The van der Waals surface area contributed by atoms with E-state index in [1.165, 1.54) is 19.1 Å². The Morgan fingerprint density at radius 2 is 1.82 bits per heavy atom. The van der Waals surface area contributed by atoms with Crippen LogP contribution in [0.2, 0.25) is 0 Å². The smallest absolute Gasteiger partial charge is 0.259 e. The van der Waals surface area contributed by atoms with Crippen LogP contribution in [0.25, 0.3) is 0 Å². The molecule has 3 rings (SSSR count). The lowest BCUT2D eigenvalue weighted by Gasteiger charge is -2.29. The topological polar surface area (TPSA) is 84.9 Å². The standard InChI is InChI=1S/C15H16N2O5/c1-21-10-4-5-11(22-2)13-8(10)7-17(15(13)20)9-3-6-12(18)16-14(9)19/h4-5,9H,3,6-7H2,1-2H3,(H,16,18,19). The van der Waals surface area contributed by atoms with Crippen molar-refractivity contribution in [3.63, 3.8) is 0 Å². The molecule has 116 valence electrons. The Labute approximate surface area is 127 Å². The van der Waals surface area contributed by atoms with Crippen molar-refractivity contribution >= 4 is 17.7 Å². The second kappa shape index (κ2) is 5.32. The largest absolute Gasteiger partial charge is 0.496 e. The third-order valence-electron chi connectivity index (χ3n) is 4.06. The van der Waals surface area contributed by atoms with E-state index < -0.39 is 11.9 Å². The van der Waals surface area contributed by atoms with E-state index in [0.29, 0.717) is 29.0 Å². The first-order valence-electron chi connectivity index (χ1n) is 6.95. The fourth-order valence-electron chi connectivity index (χ4n) is 2.98. The number of nitrogens with zero attached hydrogens (tertiary/aromatic N) is 1. The minimum atomic E-state index is -0.646. The lowest BCUT2D eigenvalue weighted by molar-refractivity contribution is -0.136. The van der Waals surface area contributed by atoms with E-state index in [9.17, 15) is 14.4 Å². The summed E-state index contributed by atoms with van der Waals surface area (Å²) in [5.41, 5.74) is 1.13. The van der Waals surface area contributed by atoms with Crippen molar-refractivity contribution in [2.45, 2.75) is 25.4 Å². The molecule has 1 fully saturated rings. The number of hydrogen-bond acceptors (Lipinski definition) is 5. The zero-order chi connectivity index (χ0) is 15.9. The van der Waals surface area contributed by atoms with Crippen molar-refractivity contribution in [3.05, 3.63) is 23.3 Å². The molecule has 2 aliphatic rings. The maximum Gasteiger partial charge on any atom is 0.259 e. The second-order valence-electron chi connectivity index (χ2n) is 5.22. The van der Waals surface area contributed by atoms with Crippen molar-refractivity contribution < 1.29 is 23.9 Å². The minimum absolute atomic E-state index is 0.227. The number of rotatable bonds is 3. The van der Waals surface area contributed by atoms with Gasteiger partial charge in [-0.1, -0.05) is 0 Å². The summed E-state index contributed by atoms with van der Waals surface area (Å²) in [6, 6.07) is 2.76. The van der Waals surface area contributed by atoms with Crippen molar-refractivity contribution in [2.24, 2.45) is 0 Å². The van der Waals surface area contributed by atoms with Gasteiger partial charge >= 0.3 is 0 Å². The molecule has 7 heteroatoms. The summed E-state index contributed by atoms with van der Waals surface area (Å²) < 4.78 is 10.5. The van der Waals surface area contributed by atoms with Crippen LogP contribution in [0.5, 0.6) is 11.5 Å². The molecule has 7 nitrogen and oxygen atoms in total. The highest BCUT2D eigenvalue weighted by molar-refractivity contribution is 6.06. The number of piperidine rings is 1. The zero-order valence-electron chi connectivity index (χ0n) is 12.3. The predicted octanol–water partition coefficient (Wildman–Crippen LogP) is 0.465. The van der Waals surface area contributed by atoms with Crippen molar-refractivity contribution in [1.82, 2.24) is 10.2 Å². The summed E-state index contributed by atoms with van der Waals surface area (Å²) in [6.07, 6.45) is 0.555. The Balaban J connectivity index is 1.97. The summed E-state index contributed by atoms with van der Waals surface area (Å²) in [7, 11) is 3.02. The molecule has 1 N–H and O–H groups in total. The molecule has 1 unspecified atom stereocenters. The molecule has 2 heterocycles. The molecule has 1 atom stereocenters. The van der Waals surface area contributed by atoms with Crippen molar-refractivity contribution in [3.8, 4) is 11.5 Å². The summed E-state index contributed by atoms with van der Waals surface area (Å²) >= 11 is 0. The van der Waals surface area contributed by atoms with Gasteiger partial charge in [-0.25, -0.2) is 0 Å². The number of hydrogen-bond donors (Lipinski definition) is 1. The number of amides is 3. The molecule has 0 aromatic heterocycles. The third kappa shape index (κ3) is 2.09. The van der Waals surface area contributed by atoms with Crippen LogP contribution < -0.4 is 14.8 Å². The highest BCUT2D eigenvalue weighted by Gasteiger charge is 2.41. The number of methoxy groups -OCH3 is 2. The average Bonchev–Trinajstić information content (AvgIpc) is 2.84. The van der Waals surface area contributed by atoms with Gasteiger partial charge in [0.25, 0.3) is 5.91 Å². The number of ether oxygens (including phenoxy) is 2. The van der Waals surface area contributed by atoms with E-state index in [2.05, 4.69) is 5.32 Å². The van der Waals surface area contributed by atoms with Gasteiger partial charge in [-0.3, -0.25) is 19.7 Å². The van der Waals surface area contributed by atoms with Crippen LogP contribution in [0.15, 0.2) is 12.1 Å². The van der Waals surface area contributed by atoms with Gasteiger partial charge in [-0.15, -0.1) is 0 Å². The third-order valence-corrected chi connectivity index (χ3v) is 4.06. The van der Waals surface area contributed by atoms with Gasteiger partial charge in [0.15, 0.2) is 0 Å². The van der Waals surface area contributed by atoms with Gasteiger partial charge in [0.1, 0.15) is 17.5 Å². The summed E-state index contributed by atoms with van der Waals surface area (Å²) in [4.78, 5) is 37.4. The molecule has 1 aromatic rings. The molecule has 2 aliphatic heterocycles. The molecule has 0 aliphatic carbocycles. The summed E-state index contributed by atoms with van der Waals surface area (Å²) in [6.45, 7) is 0.265. The normalized spacial score (nSPS) is 20.7. The van der Waals surface area contributed by atoms with Gasteiger partial charge in [0.05, 0.1) is 26.3 Å². The number of carbonyl (C=O) groups is 3. The Hall–Kier alpha value is -2.57. The van der Waals surface area contributed by atoms with Crippen LogP contribution >= 0.6 is 0 Å². The molecule has 0 radical (unpaired) electrons. The summed E-state index contributed by atoms with van der Waals surface area (Å²) in [5.74, 6) is 0.0192. The van der Waals surface area contributed by atoms with Crippen molar-refractivity contribution in [1.29, 1.82) is 0 Å². The van der Waals surface area contributed by atoms with Gasteiger partial charge in [0, 0.05) is 12.0 Å². The van der Waals surface area contributed by atoms with E-state index in [0.717, 1.165) is 0 Å². The van der Waals surface area contributed by atoms with Crippen LogP contribution in [-0.4, -0.2) is 42.9 Å². The number of imide groups is 1. The van der Waals surface area contributed by atoms with E-state index >= 15 is 0 Å². The molecule has 0 saturated carbocycles. The maximum atomic E-state index is 12.7. The highest BCUT2D eigenvalue weighted by atomic mass is 16.5. The summed E-state index contributed by atoms with van der Waals surface area (Å²) in [5, 5.41) is 2.28. The highest BCUT2D eigenvalue weighted by Crippen LogP contribution is 2.38. The van der Waals surface area contributed by atoms with Crippen LogP contribution in [0, 0.1) is 0 Å². The fourth-order valence-corrected chi connectivity index (χ4v) is 2.98. The number of nitrogens with one attached hydrogen (secondary N) is 1.